The van der Waals surface area contributed by atoms with E-state index in [1.807, 2.05) is 30.3 Å². The molecule has 2 heterocycles. The van der Waals surface area contributed by atoms with E-state index in [4.69, 9.17) is 0 Å². The standard InChI is InChI=1S/C24H24FN5O2/c1-29-16-14-26-24(29)23(18-9-5-6-10-19(18)25)27-21(31)11-12-22(32)30-15-13-20(28-30)17-7-3-2-4-8-17/h2-10,14,16,23H,11-13,15H2,1H3,(H,27,31)/t23-/m0/s1. The van der Waals surface area contributed by atoms with Gasteiger partial charge in [-0.2, -0.15) is 5.10 Å². The highest BCUT2D eigenvalue weighted by Crippen LogP contribution is 2.23. The third-order valence-corrected chi connectivity index (χ3v) is 5.40. The molecule has 0 radical (unpaired) electrons. The van der Waals surface area contributed by atoms with Crippen molar-refractivity contribution in [2.24, 2.45) is 12.1 Å². The number of carbonyl (C=O) groups excluding carboxylic acids is 2. The van der Waals surface area contributed by atoms with Crippen molar-refractivity contribution in [1.82, 2.24) is 19.9 Å². The Morgan fingerprint density at radius 1 is 1.09 bits per heavy atom. The minimum absolute atomic E-state index is 0.0158. The maximum absolute atomic E-state index is 14.4. The number of hydrazone groups is 1. The molecule has 164 valence electrons. The summed E-state index contributed by atoms with van der Waals surface area (Å²) in [5.41, 5.74) is 2.17. The van der Waals surface area contributed by atoms with Crippen LogP contribution in [-0.2, 0) is 16.6 Å². The predicted octanol–water partition coefficient (Wildman–Crippen LogP) is 3.18. The van der Waals surface area contributed by atoms with E-state index in [0.717, 1.165) is 11.3 Å². The van der Waals surface area contributed by atoms with Gasteiger partial charge in [-0.25, -0.2) is 14.4 Å². The molecule has 3 aromatic rings. The fourth-order valence-corrected chi connectivity index (χ4v) is 3.70. The fourth-order valence-electron chi connectivity index (χ4n) is 3.70. The van der Waals surface area contributed by atoms with Crippen molar-refractivity contribution in [3.05, 3.63) is 89.8 Å². The number of amides is 2. The molecular formula is C24H24FN5O2. The number of rotatable bonds is 7. The molecule has 0 aliphatic carbocycles. The Kier molecular flexibility index (Phi) is 6.39. The van der Waals surface area contributed by atoms with E-state index in [0.29, 0.717) is 24.4 Å². The number of hydrogen-bond donors (Lipinski definition) is 1. The van der Waals surface area contributed by atoms with Crippen LogP contribution in [0.1, 0.15) is 42.3 Å². The minimum atomic E-state index is -0.756. The summed E-state index contributed by atoms with van der Waals surface area (Å²) in [6, 6.07) is 15.2. The molecule has 0 saturated carbocycles. The van der Waals surface area contributed by atoms with Crippen LogP contribution >= 0.6 is 0 Å². The normalized spacial score (nSPS) is 14.2. The Labute approximate surface area is 185 Å². The molecule has 2 aromatic carbocycles. The molecule has 1 atom stereocenters. The maximum atomic E-state index is 14.4. The number of aryl methyl sites for hydroxylation is 1. The maximum Gasteiger partial charge on any atom is 0.243 e. The molecule has 0 spiro atoms. The molecule has 2 amide bonds. The zero-order valence-corrected chi connectivity index (χ0v) is 17.7. The Bertz CT molecular complexity index is 1140. The monoisotopic (exact) mass is 433 g/mol. The highest BCUT2D eigenvalue weighted by atomic mass is 19.1. The molecule has 1 aliphatic heterocycles. The molecule has 0 bridgehead atoms. The van der Waals surface area contributed by atoms with Gasteiger partial charge in [0.2, 0.25) is 11.8 Å². The fraction of sp³-hybridized carbons (Fsp3) is 0.250. The molecule has 1 aliphatic rings. The first-order valence-corrected chi connectivity index (χ1v) is 10.5. The smallest absolute Gasteiger partial charge is 0.243 e. The lowest BCUT2D eigenvalue weighted by Crippen LogP contribution is -2.33. The van der Waals surface area contributed by atoms with Gasteiger partial charge in [-0.1, -0.05) is 48.5 Å². The first kappa shape index (κ1) is 21.4. The number of imidazole rings is 1. The van der Waals surface area contributed by atoms with Gasteiger partial charge in [0.1, 0.15) is 17.7 Å². The average molecular weight is 433 g/mol. The summed E-state index contributed by atoms with van der Waals surface area (Å²) in [7, 11) is 1.78. The van der Waals surface area contributed by atoms with Crippen molar-refractivity contribution in [2.45, 2.75) is 25.3 Å². The van der Waals surface area contributed by atoms with Crippen molar-refractivity contribution in [3.8, 4) is 0 Å². The SMILES string of the molecule is Cn1ccnc1[C@@H](NC(=O)CCC(=O)N1CCC(c2ccccc2)=N1)c1ccccc1F. The molecule has 8 heteroatoms. The van der Waals surface area contributed by atoms with E-state index in [1.54, 1.807) is 42.2 Å². The third kappa shape index (κ3) is 4.74. The van der Waals surface area contributed by atoms with Gasteiger partial charge in [-0.3, -0.25) is 9.59 Å². The lowest BCUT2D eigenvalue weighted by Gasteiger charge is -2.20. The number of hydrogen-bond acceptors (Lipinski definition) is 4. The summed E-state index contributed by atoms with van der Waals surface area (Å²) in [5.74, 6) is -0.505. The summed E-state index contributed by atoms with van der Waals surface area (Å²) in [5, 5.41) is 8.66. The van der Waals surface area contributed by atoms with Crippen LogP contribution in [0.2, 0.25) is 0 Å². The molecule has 7 nitrogen and oxygen atoms in total. The number of carbonyl (C=O) groups is 2. The van der Waals surface area contributed by atoms with E-state index < -0.39 is 11.9 Å². The molecule has 0 saturated heterocycles. The quantitative estimate of drug-likeness (QED) is 0.622. The van der Waals surface area contributed by atoms with Crippen molar-refractivity contribution in [2.75, 3.05) is 6.54 Å². The van der Waals surface area contributed by atoms with E-state index in [2.05, 4.69) is 15.4 Å². The molecule has 0 unspecified atom stereocenters. The van der Waals surface area contributed by atoms with Crippen LogP contribution in [0.3, 0.4) is 0 Å². The second kappa shape index (κ2) is 9.55. The number of aromatic nitrogens is 2. The lowest BCUT2D eigenvalue weighted by molar-refractivity contribution is -0.133. The molecule has 1 N–H and O–H groups in total. The van der Waals surface area contributed by atoms with Gasteiger partial charge in [0, 0.05) is 44.3 Å². The van der Waals surface area contributed by atoms with Crippen molar-refractivity contribution in [3.63, 3.8) is 0 Å². The molecule has 4 rings (SSSR count). The van der Waals surface area contributed by atoms with Crippen LogP contribution in [0.5, 0.6) is 0 Å². The number of nitrogens with zero attached hydrogens (tertiary/aromatic N) is 4. The van der Waals surface area contributed by atoms with Gasteiger partial charge in [0.15, 0.2) is 0 Å². The molecule has 0 fully saturated rings. The van der Waals surface area contributed by atoms with Crippen LogP contribution < -0.4 is 5.32 Å². The van der Waals surface area contributed by atoms with Gasteiger partial charge >= 0.3 is 0 Å². The zero-order valence-electron chi connectivity index (χ0n) is 17.7. The summed E-state index contributed by atoms with van der Waals surface area (Å²) in [6.45, 7) is 0.496. The first-order valence-electron chi connectivity index (χ1n) is 10.5. The van der Waals surface area contributed by atoms with E-state index in [9.17, 15) is 14.0 Å². The van der Waals surface area contributed by atoms with E-state index in [-0.39, 0.29) is 24.7 Å². The predicted molar refractivity (Wildman–Crippen MR) is 118 cm³/mol. The highest BCUT2D eigenvalue weighted by Gasteiger charge is 2.25. The number of nitrogens with one attached hydrogen (secondary N) is 1. The van der Waals surface area contributed by atoms with E-state index >= 15 is 0 Å². The van der Waals surface area contributed by atoms with Gasteiger partial charge in [0.25, 0.3) is 0 Å². The van der Waals surface area contributed by atoms with Crippen LogP contribution in [0.15, 0.2) is 72.1 Å². The largest absolute Gasteiger partial charge is 0.342 e. The Balaban J connectivity index is 1.40. The highest BCUT2D eigenvalue weighted by molar-refractivity contribution is 6.02. The van der Waals surface area contributed by atoms with Crippen LogP contribution in [0.4, 0.5) is 4.39 Å². The third-order valence-electron chi connectivity index (χ3n) is 5.40. The minimum Gasteiger partial charge on any atom is -0.342 e. The van der Waals surface area contributed by atoms with Crippen LogP contribution in [0.25, 0.3) is 0 Å². The lowest BCUT2D eigenvalue weighted by atomic mass is 10.0. The van der Waals surface area contributed by atoms with Crippen LogP contribution in [0, 0.1) is 5.82 Å². The van der Waals surface area contributed by atoms with Gasteiger partial charge in [-0.15, -0.1) is 0 Å². The topological polar surface area (TPSA) is 79.6 Å². The summed E-state index contributed by atoms with van der Waals surface area (Å²) >= 11 is 0. The number of halogens is 1. The molecular weight excluding hydrogens is 409 g/mol. The average Bonchev–Trinajstić information content (AvgIpc) is 3.47. The van der Waals surface area contributed by atoms with Gasteiger partial charge in [-0.05, 0) is 11.6 Å². The number of benzene rings is 2. The van der Waals surface area contributed by atoms with Crippen LogP contribution in [-0.4, -0.2) is 38.6 Å². The summed E-state index contributed by atoms with van der Waals surface area (Å²) in [6.07, 6.45) is 3.99. The van der Waals surface area contributed by atoms with E-state index in [1.165, 1.54) is 11.1 Å². The summed E-state index contributed by atoms with van der Waals surface area (Å²) in [4.78, 5) is 29.5. The zero-order chi connectivity index (χ0) is 22.5. The van der Waals surface area contributed by atoms with Crippen molar-refractivity contribution >= 4 is 17.5 Å². The van der Waals surface area contributed by atoms with Gasteiger partial charge in [0.05, 0.1) is 12.3 Å². The van der Waals surface area contributed by atoms with Crippen molar-refractivity contribution < 1.29 is 14.0 Å². The Morgan fingerprint density at radius 2 is 1.84 bits per heavy atom. The van der Waals surface area contributed by atoms with Gasteiger partial charge < -0.3 is 9.88 Å². The second-order valence-corrected chi connectivity index (χ2v) is 7.60. The molecule has 32 heavy (non-hydrogen) atoms. The summed E-state index contributed by atoms with van der Waals surface area (Å²) < 4.78 is 16.2. The Morgan fingerprint density at radius 3 is 2.56 bits per heavy atom. The molecule has 1 aromatic heterocycles. The Hall–Kier alpha value is -3.81. The van der Waals surface area contributed by atoms with Crippen molar-refractivity contribution in [1.29, 1.82) is 0 Å². The second-order valence-electron chi connectivity index (χ2n) is 7.60. The first-order chi connectivity index (χ1) is 15.5.